The van der Waals surface area contributed by atoms with Crippen molar-refractivity contribution in [2.45, 2.75) is 51.6 Å². The summed E-state index contributed by atoms with van der Waals surface area (Å²) >= 11 is 6.19. The van der Waals surface area contributed by atoms with Gasteiger partial charge in [0.25, 0.3) is 5.91 Å². The van der Waals surface area contributed by atoms with Crippen LogP contribution in [0.25, 0.3) is 22.3 Å². The summed E-state index contributed by atoms with van der Waals surface area (Å²) in [4.78, 5) is 24.6. The lowest BCUT2D eigenvalue weighted by Crippen LogP contribution is -2.33. The van der Waals surface area contributed by atoms with E-state index < -0.39 is 0 Å². The van der Waals surface area contributed by atoms with E-state index in [-0.39, 0.29) is 17.9 Å². The molecule has 6 rings (SSSR count). The van der Waals surface area contributed by atoms with Crippen molar-refractivity contribution in [3.05, 3.63) is 58.2 Å². The second kappa shape index (κ2) is 7.84. The van der Waals surface area contributed by atoms with E-state index in [1.54, 1.807) is 0 Å². The predicted molar refractivity (Wildman–Crippen MR) is 130 cm³/mol. The van der Waals surface area contributed by atoms with Crippen molar-refractivity contribution < 1.29 is 9.32 Å². The number of hydrogen-bond donors (Lipinski definition) is 1. The van der Waals surface area contributed by atoms with Crippen molar-refractivity contribution >= 4 is 34.4 Å². The van der Waals surface area contributed by atoms with Crippen LogP contribution < -0.4 is 5.73 Å². The number of nitrogens with zero attached hydrogens (tertiary/aromatic N) is 5. The zero-order valence-corrected chi connectivity index (χ0v) is 19.8. The zero-order valence-electron chi connectivity index (χ0n) is 19.1. The predicted octanol–water partition coefficient (Wildman–Crippen LogP) is 4.98. The fraction of sp³-hybridized carbons (Fsp3) is 0.360. The Hall–Kier alpha value is -3.39. The van der Waals surface area contributed by atoms with Crippen LogP contribution in [0.4, 0.5) is 5.82 Å². The van der Waals surface area contributed by atoms with Crippen LogP contribution >= 0.6 is 11.6 Å². The third-order valence-electron chi connectivity index (χ3n) is 6.74. The smallest absolute Gasteiger partial charge is 0.260 e. The lowest BCUT2D eigenvalue weighted by atomic mass is 10.0. The molecule has 0 saturated heterocycles. The van der Waals surface area contributed by atoms with Crippen LogP contribution in [0.1, 0.15) is 66.0 Å². The van der Waals surface area contributed by atoms with Gasteiger partial charge in [-0.05, 0) is 50.8 Å². The number of benzene rings is 1. The lowest BCUT2D eigenvalue weighted by molar-refractivity contribution is 0.0742. The fourth-order valence-corrected chi connectivity index (χ4v) is 5.24. The molecular formula is C25H25ClN6O2. The minimum atomic E-state index is -0.0599. The number of halogens is 1. The number of hydrogen-bond acceptors (Lipinski definition) is 6. The molecule has 1 saturated carbocycles. The topological polar surface area (TPSA) is 103 Å². The van der Waals surface area contributed by atoms with Crippen molar-refractivity contribution in [3.63, 3.8) is 0 Å². The van der Waals surface area contributed by atoms with Gasteiger partial charge in [0.1, 0.15) is 29.0 Å². The number of carbonyl (C=O) groups excluding carboxylic acids is 1. The van der Waals surface area contributed by atoms with E-state index in [1.165, 1.54) is 6.33 Å². The molecule has 4 aromatic rings. The SMILES string of the molecule is CC(C)n1c2c(c3c(N)ncnc31)-c1noc(C3CC3)c1C(=O)N(CCc1cccc(Cl)c1)C2. The summed E-state index contributed by atoms with van der Waals surface area (Å²) < 4.78 is 7.95. The molecule has 0 bridgehead atoms. The first kappa shape index (κ1) is 21.2. The Balaban J connectivity index is 1.54. The number of nitrogen functional groups attached to an aromatic ring is 1. The highest BCUT2D eigenvalue weighted by molar-refractivity contribution is 6.30. The minimum Gasteiger partial charge on any atom is -0.383 e. The third kappa shape index (κ3) is 3.27. The molecule has 1 fully saturated rings. The van der Waals surface area contributed by atoms with Gasteiger partial charge in [-0.25, -0.2) is 9.97 Å². The lowest BCUT2D eigenvalue weighted by Gasteiger charge is -2.23. The molecule has 0 unspecified atom stereocenters. The largest absolute Gasteiger partial charge is 0.383 e. The number of rotatable bonds is 5. The van der Waals surface area contributed by atoms with E-state index in [0.29, 0.717) is 47.4 Å². The maximum absolute atomic E-state index is 13.9. The molecule has 1 aliphatic heterocycles. The molecule has 1 aliphatic carbocycles. The van der Waals surface area contributed by atoms with Crippen molar-refractivity contribution in [2.24, 2.45) is 0 Å². The molecule has 174 valence electrons. The molecule has 9 heteroatoms. The molecule has 3 aromatic heterocycles. The average Bonchev–Trinajstić information content (AvgIpc) is 3.49. The molecule has 2 aliphatic rings. The van der Waals surface area contributed by atoms with Crippen molar-refractivity contribution in [1.82, 2.24) is 24.6 Å². The summed E-state index contributed by atoms with van der Waals surface area (Å²) in [5, 5.41) is 5.85. The number of fused-ring (bicyclic) bond motifs is 5. The molecule has 0 atom stereocenters. The first-order valence-electron chi connectivity index (χ1n) is 11.6. The normalized spacial score (nSPS) is 15.6. The van der Waals surface area contributed by atoms with Gasteiger partial charge in [-0.1, -0.05) is 28.9 Å². The van der Waals surface area contributed by atoms with Crippen molar-refractivity contribution in [2.75, 3.05) is 12.3 Å². The van der Waals surface area contributed by atoms with Crippen molar-refractivity contribution in [3.8, 4) is 11.3 Å². The molecule has 8 nitrogen and oxygen atoms in total. The monoisotopic (exact) mass is 476 g/mol. The van der Waals surface area contributed by atoms with Crippen LogP contribution in [0.3, 0.4) is 0 Å². The molecule has 0 radical (unpaired) electrons. The third-order valence-corrected chi connectivity index (χ3v) is 6.97. The van der Waals surface area contributed by atoms with Crippen LogP contribution in [-0.4, -0.2) is 37.0 Å². The van der Waals surface area contributed by atoms with E-state index in [2.05, 4.69) is 33.5 Å². The Morgan fingerprint density at radius 1 is 1.24 bits per heavy atom. The highest BCUT2D eigenvalue weighted by Gasteiger charge is 2.41. The maximum Gasteiger partial charge on any atom is 0.260 e. The molecule has 0 spiro atoms. The van der Waals surface area contributed by atoms with Gasteiger partial charge in [-0.15, -0.1) is 0 Å². The van der Waals surface area contributed by atoms with Crippen molar-refractivity contribution in [1.29, 1.82) is 0 Å². The van der Waals surface area contributed by atoms with Gasteiger partial charge < -0.3 is 19.7 Å². The van der Waals surface area contributed by atoms with Crippen LogP contribution in [-0.2, 0) is 13.0 Å². The van der Waals surface area contributed by atoms with Gasteiger partial charge in [0, 0.05) is 34.8 Å². The maximum atomic E-state index is 13.9. The first-order chi connectivity index (χ1) is 16.4. The molecule has 4 heterocycles. The molecular weight excluding hydrogens is 452 g/mol. The summed E-state index contributed by atoms with van der Waals surface area (Å²) in [6, 6.07) is 7.86. The van der Waals surface area contributed by atoms with E-state index in [9.17, 15) is 4.79 Å². The standard InChI is InChI=1S/C25H25ClN6O2/c1-13(2)32-17-11-31(9-8-14-4-3-5-16(26)10-14)25(33)20-21(30-34-22(20)15-6-7-15)18(17)19-23(27)28-12-29-24(19)32/h3-5,10,12-13,15H,6-9,11H2,1-2H3,(H2,27,28,29). The molecule has 2 N–H and O–H groups in total. The van der Waals surface area contributed by atoms with E-state index in [1.807, 2.05) is 29.2 Å². The first-order valence-corrected chi connectivity index (χ1v) is 12.0. The summed E-state index contributed by atoms with van der Waals surface area (Å²) in [7, 11) is 0. The Morgan fingerprint density at radius 3 is 2.79 bits per heavy atom. The van der Waals surface area contributed by atoms with Gasteiger partial charge in [-0.3, -0.25) is 4.79 Å². The summed E-state index contributed by atoms with van der Waals surface area (Å²) in [6.07, 6.45) is 4.18. The number of carbonyl (C=O) groups is 1. The summed E-state index contributed by atoms with van der Waals surface area (Å²) in [5.41, 5.74) is 11.1. The molecule has 34 heavy (non-hydrogen) atoms. The Labute approximate surface area is 201 Å². The van der Waals surface area contributed by atoms with Crippen LogP contribution in [0.15, 0.2) is 35.1 Å². The Bertz CT molecular complexity index is 1430. The van der Waals surface area contributed by atoms with Crippen LogP contribution in [0.5, 0.6) is 0 Å². The number of aromatic nitrogens is 4. The van der Waals surface area contributed by atoms with Crippen LogP contribution in [0.2, 0.25) is 5.02 Å². The van der Waals surface area contributed by atoms with Gasteiger partial charge in [0.05, 0.1) is 11.9 Å². The van der Waals surface area contributed by atoms with E-state index in [0.717, 1.165) is 40.7 Å². The Morgan fingerprint density at radius 2 is 2.06 bits per heavy atom. The second-order valence-electron chi connectivity index (χ2n) is 9.39. The average molecular weight is 477 g/mol. The summed E-state index contributed by atoms with van der Waals surface area (Å²) in [6.45, 7) is 5.15. The highest BCUT2D eigenvalue weighted by Crippen LogP contribution is 2.48. The van der Waals surface area contributed by atoms with E-state index in [4.69, 9.17) is 21.9 Å². The zero-order chi connectivity index (χ0) is 23.6. The van der Waals surface area contributed by atoms with Gasteiger partial charge in [-0.2, -0.15) is 0 Å². The highest BCUT2D eigenvalue weighted by atomic mass is 35.5. The molecule has 1 amide bonds. The minimum absolute atomic E-state index is 0.0599. The number of anilines is 1. The molecule has 1 aromatic carbocycles. The number of amides is 1. The summed E-state index contributed by atoms with van der Waals surface area (Å²) in [5.74, 6) is 1.24. The quantitative estimate of drug-likeness (QED) is 0.435. The van der Waals surface area contributed by atoms with E-state index >= 15 is 0 Å². The van der Waals surface area contributed by atoms with Gasteiger partial charge >= 0.3 is 0 Å². The van der Waals surface area contributed by atoms with Gasteiger partial charge in [0.15, 0.2) is 5.76 Å². The number of nitrogens with two attached hydrogens (primary N) is 1. The van der Waals surface area contributed by atoms with Gasteiger partial charge in [0.2, 0.25) is 0 Å². The Kier molecular flexibility index (Phi) is 4.88. The van der Waals surface area contributed by atoms with Crippen LogP contribution in [0, 0.1) is 0 Å². The fourth-order valence-electron chi connectivity index (χ4n) is 5.02. The second-order valence-corrected chi connectivity index (χ2v) is 9.83.